The van der Waals surface area contributed by atoms with Gasteiger partial charge in [-0.15, -0.1) is 0 Å². The molecule has 0 unspecified atom stereocenters. The number of hydrogen-bond donors (Lipinski definition) is 0. The number of benzene rings is 1. The molecule has 0 aliphatic carbocycles. The summed E-state index contributed by atoms with van der Waals surface area (Å²) in [5, 5.41) is 0. The van der Waals surface area contributed by atoms with Crippen molar-refractivity contribution in [2.24, 2.45) is 0 Å². The van der Waals surface area contributed by atoms with E-state index in [-0.39, 0.29) is 5.75 Å². The minimum Gasteiger partial charge on any atom is -0.486 e. The molecule has 1 aliphatic heterocycles. The second kappa shape index (κ2) is 4.43. The van der Waals surface area contributed by atoms with E-state index in [0.29, 0.717) is 34.7 Å². The number of fused-ring (bicyclic) bond motifs is 1. The Labute approximate surface area is 106 Å². The first-order chi connectivity index (χ1) is 7.47. The van der Waals surface area contributed by atoms with E-state index in [1.54, 1.807) is 12.1 Å². The second-order valence-electron chi connectivity index (χ2n) is 3.23. The molecule has 0 N–H and O–H groups in total. The summed E-state index contributed by atoms with van der Waals surface area (Å²) in [5.74, 6) is 0.705. The molecule has 0 radical (unpaired) electrons. The molecule has 0 amide bonds. The van der Waals surface area contributed by atoms with Gasteiger partial charge in [-0.25, -0.2) is 8.42 Å². The van der Waals surface area contributed by atoms with Gasteiger partial charge in [-0.05, 0) is 12.1 Å². The average Bonchev–Trinajstić information content (AvgIpc) is 2.21. The number of hydrogen-bond acceptors (Lipinski definition) is 4. The maximum atomic E-state index is 11.1. The Balaban J connectivity index is 2.50. The Hall–Kier alpha value is -0.460. The van der Waals surface area contributed by atoms with Gasteiger partial charge in [0.1, 0.15) is 13.2 Å². The quantitative estimate of drug-likeness (QED) is 0.782. The zero-order chi connectivity index (χ0) is 11.8. The molecule has 0 saturated heterocycles. The van der Waals surface area contributed by atoms with Crippen molar-refractivity contribution in [1.29, 1.82) is 0 Å². The molecule has 0 bridgehead atoms. The normalized spacial score (nSPS) is 14.9. The third-order valence-corrected chi connectivity index (χ3v) is 3.78. The lowest BCUT2D eigenvalue weighted by molar-refractivity contribution is 0.170. The highest BCUT2D eigenvalue weighted by atomic mass is 79.9. The lowest BCUT2D eigenvalue weighted by Crippen LogP contribution is -2.17. The van der Waals surface area contributed by atoms with E-state index in [4.69, 9.17) is 20.2 Å². The zero-order valence-corrected chi connectivity index (χ0v) is 11.2. The molecular weight excluding hydrogens is 320 g/mol. The largest absolute Gasteiger partial charge is 0.486 e. The first kappa shape index (κ1) is 12.0. The number of ether oxygens (including phenoxy) is 2. The molecule has 0 saturated carbocycles. The Morgan fingerprint density at radius 3 is 2.69 bits per heavy atom. The van der Waals surface area contributed by atoms with Crippen LogP contribution in [-0.2, 0) is 14.8 Å². The summed E-state index contributed by atoms with van der Waals surface area (Å²) in [7, 11) is 1.61. The fraction of sp³-hybridized carbons (Fsp3) is 0.333. The molecule has 0 aromatic heterocycles. The van der Waals surface area contributed by atoms with E-state index in [0.717, 1.165) is 0 Å². The monoisotopic (exact) mass is 326 g/mol. The lowest BCUT2D eigenvalue weighted by atomic mass is 10.2. The first-order valence-electron chi connectivity index (χ1n) is 4.47. The molecule has 7 heteroatoms. The van der Waals surface area contributed by atoms with Crippen LogP contribution in [0, 0.1) is 0 Å². The third-order valence-electron chi connectivity index (χ3n) is 2.07. The summed E-state index contributed by atoms with van der Waals surface area (Å²) in [4.78, 5) is 0. The highest BCUT2D eigenvalue weighted by molar-refractivity contribution is 9.10. The van der Waals surface area contributed by atoms with Crippen molar-refractivity contribution in [2.75, 3.05) is 13.2 Å². The number of rotatable bonds is 2. The van der Waals surface area contributed by atoms with E-state index in [1.165, 1.54) is 0 Å². The summed E-state index contributed by atoms with van der Waals surface area (Å²) in [5.41, 5.74) is 0.493. The van der Waals surface area contributed by atoms with Crippen LogP contribution < -0.4 is 9.47 Å². The predicted octanol–water partition coefficient (Wildman–Crippen LogP) is 2.29. The summed E-state index contributed by atoms with van der Waals surface area (Å²) in [6.07, 6.45) is 0. The van der Waals surface area contributed by atoms with Crippen LogP contribution in [0.15, 0.2) is 16.6 Å². The van der Waals surface area contributed by atoms with Gasteiger partial charge < -0.3 is 9.47 Å². The summed E-state index contributed by atoms with van der Waals surface area (Å²) in [6, 6.07) is 3.44. The third kappa shape index (κ3) is 2.61. The van der Waals surface area contributed by atoms with Crippen molar-refractivity contribution in [3.63, 3.8) is 0 Å². The molecule has 1 aromatic rings. The average molecular weight is 328 g/mol. The van der Waals surface area contributed by atoms with Crippen LogP contribution in [0.4, 0.5) is 0 Å². The first-order valence-corrected chi connectivity index (χ1v) is 7.74. The lowest BCUT2D eigenvalue weighted by Gasteiger charge is -2.21. The van der Waals surface area contributed by atoms with E-state index < -0.39 is 9.05 Å². The van der Waals surface area contributed by atoms with Crippen LogP contribution in [0.3, 0.4) is 0 Å². The highest BCUT2D eigenvalue weighted by Crippen LogP contribution is 2.39. The molecule has 0 fully saturated rings. The van der Waals surface area contributed by atoms with Crippen LogP contribution in [0.2, 0.25) is 0 Å². The second-order valence-corrected chi connectivity index (χ2v) is 6.86. The van der Waals surface area contributed by atoms with Crippen molar-refractivity contribution in [3.05, 3.63) is 22.2 Å². The maximum Gasteiger partial charge on any atom is 0.236 e. The minimum absolute atomic E-state index is 0.290. The van der Waals surface area contributed by atoms with Crippen LogP contribution >= 0.6 is 26.6 Å². The van der Waals surface area contributed by atoms with Crippen LogP contribution in [0.5, 0.6) is 11.5 Å². The Bertz CT molecular complexity index is 514. The van der Waals surface area contributed by atoms with Gasteiger partial charge in [-0.3, -0.25) is 0 Å². The van der Waals surface area contributed by atoms with Crippen LogP contribution in [0.25, 0.3) is 0 Å². The zero-order valence-electron chi connectivity index (χ0n) is 8.07. The maximum absolute atomic E-state index is 11.1. The van der Waals surface area contributed by atoms with Gasteiger partial charge in [0, 0.05) is 20.7 Å². The molecule has 0 atom stereocenters. The Kier molecular flexibility index (Phi) is 3.32. The van der Waals surface area contributed by atoms with Crippen molar-refractivity contribution in [1.82, 2.24) is 0 Å². The molecule has 2 rings (SSSR count). The van der Waals surface area contributed by atoms with Crippen LogP contribution in [0.1, 0.15) is 5.56 Å². The SMILES string of the molecule is O=S(=O)(Cl)Cc1c(Br)ccc2c1OCCO2. The molecule has 16 heavy (non-hydrogen) atoms. The van der Waals surface area contributed by atoms with Crippen LogP contribution in [-0.4, -0.2) is 21.6 Å². The molecular formula is C9H8BrClO4S. The predicted molar refractivity (Wildman–Crippen MR) is 63.6 cm³/mol. The summed E-state index contributed by atoms with van der Waals surface area (Å²) >= 11 is 3.27. The molecule has 0 spiro atoms. The fourth-order valence-electron chi connectivity index (χ4n) is 1.46. The summed E-state index contributed by atoms with van der Waals surface area (Å²) < 4.78 is 33.6. The van der Waals surface area contributed by atoms with E-state index in [9.17, 15) is 8.42 Å². The molecule has 1 aromatic carbocycles. The van der Waals surface area contributed by atoms with Gasteiger partial charge >= 0.3 is 0 Å². The van der Waals surface area contributed by atoms with Gasteiger partial charge in [-0.1, -0.05) is 15.9 Å². The van der Waals surface area contributed by atoms with Crippen molar-refractivity contribution in [3.8, 4) is 11.5 Å². The van der Waals surface area contributed by atoms with Gasteiger partial charge in [-0.2, -0.15) is 0 Å². The van der Waals surface area contributed by atoms with Crippen molar-refractivity contribution in [2.45, 2.75) is 5.75 Å². The molecule has 4 nitrogen and oxygen atoms in total. The standard InChI is InChI=1S/C9H8BrClO4S/c10-7-1-2-8-9(15-4-3-14-8)6(7)5-16(11,12)13/h1-2H,3-5H2. The Morgan fingerprint density at radius 1 is 1.31 bits per heavy atom. The van der Waals surface area contributed by atoms with E-state index in [2.05, 4.69) is 15.9 Å². The van der Waals surface area contributed by atoms with Gasteiger partial charge in [0.05, 0.1) is 5.75 Å². The van der Waals surface area contributed by atoms with Gasteiger partial charge in [0.25, 0.3) is 0 Å². The molecule has 1 heterocycles. The smallest absolute Gasteiger partial charge is 0.236 e. The topological polar surface area (TPSA) is 52.6 Å². The van der Waals surface area contributed by atoms with Crippen molar-refractivity contribution < 1.29 is 17.9 Å². The minimum atomic E-state index is -3.63. The van der Waals surface area contributed by atoms with Gasteiger partial charge in [0.15, 0.2) is 11.5 Å². The van der Waals surface area contributed by atoms with Gasteiger partial charge in [0.2, 0.25) is 9.05 Å². The molecule has 1 aliphatic rings. The van der Waals surface area contributed by atoms with E-state index in [1.807, 2.05) is 0 Å². The Morgan fingerprint density at radius 2 is 2.00 bits per heavy atom. The number of halogens is 2. The summed E-state index contributed by atoms with van der Waals surface area (Å²) in [6.45, 7) is 0.862. The van der Waals surface area contributed by atoms with Crippen molar-refractivity contribution >= 4 is 35.7 Å². The highest BCUT2D eigenvalue weighted by Gasteiger charge is 2.22. The molecule has 88 valence electrons. The van der Waals surface area contributed by atoms with E-state index >= 15 is 0 Å². The fourth-order valence-corrected chi connectivity index (χ4v) is 3.05.